The molecule has 14 rings (SSSR count). The van der Waals surface area contributed by atoms with E-state index in [4.69, 9.17) is 29.4 Å². The Bertz CT molecular complexity index is 5040. The number of carbonyl (C=O) groups is 6. The molecule has 5 amide bonds. The lowest BCUT2D eigenvalue weighted by Gasteiger charge is -2.34. The van der Waals surface area contributed by atoms with E-state index in [0.717, 1.165) is 199 Å². The van der Waals surface area contributed by atoms with E-state index in [0.29, 0.717) is 12.4 Å². The second kappa shape index (κ2) is 37.5. The van der Waals surface area contributed by atoms with Gasteiger partial charge in [-0.2, -0.15) is 0 Å². The highest BCUT2D eigenvalue weighted by Gasteiger charge is 2.41. The van der Waals surface area contributed by atoms with Crippen LogP contribution < -0.4 is 16.0 Å². The van der Waals surface area contributed by atoms with Gasteiger partial charge >= 0.3 is 12.1 Å². The molecule has 6 aromatic carbocycles. The fraction of sp³-hybridized carbons (Fsp3) is 0.419. The number of amides is 5. The van der Waals surface area contributed by atoms with Gasteiger partial charge in [0.2, 0.25) is 23.6 Å². The highest BCUT2D eigenvalue weighted by molar-refractivity contribution is 5.88. The zero-order valence-corrected chi connectivity index (χ0v) is 69.1. The molecule has 7 N–H and O–H groups in total. The third kappa shape index (κ3) is 18.3. The summed E-state index contributed by atoms with van der Waals surface area (Å²) in [6.07, 6.45) is 12.2. The number of rotatable bonds is 27. The zero-order chi connectivity index (χ0) is 81.8. The number of aryl methyl sites for hydroxylation is 4. The number of aromatic amines is 4. The van der Waals surface area contributed by atoms with Gasteiger partial charge in [-0.25, -0.2) is 24.7 Å². The van der Waals surface area contributed by atoms with Crippen LogP contribution in [0.5, 0.6) is 0 Å². The molecule has 6 heterocycles. The van der Waals surface area contributed by atoms with Crippen molar-refractivity contribution in [3.8, 4) is 67.3 Å². The van der Waals surface area contributed by atoms with E-state index in [2.05, 4.69) is 170 Å². The van der Waals surface area contributed by atoms with Gasteiger partial charge < -0.3 is 55.2 Å². The van der Waals surface area contributed by atoms with Crippen molar-refractivity contribution in [2.75, 3.05) is 53.5 Å². The van der Waals surface area contributed by atoms with Crippen LogP contribution in [0, 0.1) is 17.8 Å². The maximum atomic E-state index is 14.3. The van der Waals surface area contributed by atoms with E-state index in [1.54, 1.807) is 0 Å². The van der Waals surface area contributed by atoms with Crippen LogP contribution in [0.4, 0.5) is 4.79 Å². The molecule has 4 aliphatic rings. The number of likely N-dealkylation sites (tertiary alicyclic amines) is 2. The van der Waals surface area contributed by atoms with E-state index in [9.17, 15) is 28.8 Å². The summed E-state index contributed by atoms with van der Waals surface area (Å²) in [7, 11) is 2.63. The summed E-state index contributed by atoms with van der Waals surface area (Å²) in [4.78, 5) is 121. The standard InChI is InChI=1S/C51H60N8O2.C42H53N7O6/c1-6-57(7-2)46(37-18-12-10-13-19-37)50(60)53-34(5)48-54-42-23-16-22-40-32-39(29-30-41(40)45(42)56-48)35-25-27-36(28-26-35)43-33-52-49(55-43)44-24-17-31-59(44)51(61)47(58(8-3)9-4)38-20-14-11-15-21-38;1-23(2)31(21-35(50)54-6)40(51)44-25(5)38-45-32-11-8-10-29-20-28(17-18-30(29)37(32)47-38)26-13-15-27(16-14-26)33-22-43-39(46-33)34-12-9-19-49(34)41(52)36(24(3)4)48-42(53)55-7/h10-15,18-21,25-30,32-34,44,46-47H,6-9,16-17,22-24,31H2,1-5H3,(H,52,55)(H,53,60)(H,54,56);13-18,20,22-25,31,34,36H,8-12,19,21H2,1-7H3,(H,43,46)(H,44,51)(H,45,47)(H,48,53)/t34-,44-,46+,47+;25-,31-,34-,36-/m00/s1. The molecule has 4 aromatic heterocycles. The Balaban J connectivity index is 0.000000203. The fourth-order valence-electron chi connectivity index (χ4n) is 17.2. The van der Waals surface area contributed by atoms with Crippen molar-refractivity contribution < 1.29 is 38.2 Å². The normalized spacial score (nSPS) is 16.7. The molecule has 2 saturated heterocycles. The number of carbonyl (C=O) groups excluding carboxylic acids is 6. The first-order chi connectivity index (χ1) is 56.2. The van der Waals surface area contributed by atoms with Gasteiger partial charge in [-0.1, -0.05) is 201 Å². The third-order valence-corrected chi connectivity index (χ3v) is 23.8. The molecule has 0 unspecified atom stereocenters. The minimum atomic E-state index is -0.686. The first-order valence-corrected chi connectivity index (χ1v) is 41.7. The predicted octanol–water partition coefficient (Wildman–Crippen LogP) is 16.3. The van der Waals surface area contributed by atoms with E-state index in [-0.39, 0.29) is 78.1 Å². The van der Waals surface area contributed by atoms with Gasteiger partial charge in [0.1, 0.15) is 41.4 Å². The van der Waals surface area contributed by atoms with Crippen LogP contribution in [-0.2, 0) is 59.1 Å². The first-order valence-electron chi connectivity index (χ1n) is 41.7. The van der Waals surface area contributed by atoms with E-state index in [1.807, 2.05) is 112 Å². The Labute approximate surface area is 681 Å². The number of nitrogens with one attached hydrogen (secondary N) is 7. The quantitative estimate of drug-likeness (QED) is 0.0236. The molecule has 2 fully saturated rings. The number of ether oxygens (including phenoxy) is 2. The largest absolute Gasteiger partial charge is 0.469 e. The molecule has 0 bridgehead atoms. The van der Waals surface area contributed by atoms with Gasteiger partial charge in [0.05, 0.1) is 85.9 Å². The molecule has 0 saturated carbocycles. The van der Waals surface area contributed by atoms with Crippen LogP contribution in [0.15, 0.2) is 158 Å². The Kier molecular flexibility index (Phi) is 26.8. The highest BCUT2D eigenvalue weighted by atomic mass is 16.5. The number of benzene rings is 6. The first kappa shape index (κ1) is 82.7. The van der Waals surface area contributed by atoms with Crippen molar-refractivity contribution in [3.05, 3.63) is 215 Å². The van der Waals surface area contributed by atoms with Gasteiger partial charge in [0, 0.05) is 35.6 Å². The van der Waals surface area contributed by atoms with Crippen molar-refractivity contribution in [1.29, 1.82) is 0 Å². The lowest BCUT2D eigenvalue weighted by atomic mass is 9.91. The number of aromatic nitrogens is 8. The van der Waals surface area contributed by atoms with E-state index < -0.39 is 24.0 Å². The minimum absolute atomic E-state index is 0.0198. The van der Waals surface area contributed by atoms with E-state index in [1.165, 1.54) is 30.9 Å². The van der Waals surface area contributed by atoms with Crippen molar-refractivity contribution >= 4 is 35.7 Å². The number of alkyl carbamates (subject to hydrolysis) is 1. The number of likely N-dealkylation sites (N-methyl/N-ethyl adjacent to an activating group) is 2. The van der Waals surface area contributed by atoms with Crippen molar-refractivity contribution in [2.45, 2.75) is 182 Å². The number of nitrogens with zero attached hydrogens (tertiary/aromatic N) is 8. The summed E-state index contributed by atoms with van der Waals surface area (Å²) in [6.45, 7) is 24.5. The third-order valence-electron chi connectivity index (χ3n) is 23.8. The maximum absolute atomic E-state index is 14.3. The second-order valence-electron chi connectivity index (χ2n) is 31.8. The molecule has 10 aromatic rings. The summed E-state index contributed by atoms with van der Waals surface area (Å²) in [5.41, 5.74) is 19.2. The molecule has 0 radical (unpaired) electrons. The van der Waals surface area contributed by atoms with Gasteiger partial charge in [-0.05, 0) is 172 Å². The minimum Gasteiger partial charge on any atom is -0.469 e. The second-order valence-corrected chi connectivity index (χ2v) is 31.8. The number of methoxy groups -OCH3 is 2. The smallest absolute Gasteiger partial charge is 0.407 e. The van der Waals surface area contributed by atoms with Crippen molar-refractivity contribution in [2.24, 2.45) is 17.8 Å². The molecular weight excluding hydrogens is 1460 g/mol. The maximum Gasteiger partial charge on any atom is 0.407 e. The number of hydrogen-bond donors (Lipinski definition) is 7. The van der Waals surface area contributed by atoms with Crippen LogP contribution in [0.3, 0.4) is 0 Å². The van der Waals surface area contributed by atoms with Crippen LogP contribution in [0.2, 0.25) is 0 Å². The van der Waals surface area contributed by atoms with Gasteiger partial charge in [-0.3, -0.25) is 33.8 Å². The lowest BCUT2D eigenvalue weighted by molar-refractivity contribution is -0.145. The summed E-state index contributed by atoms with van der Waals surface area (Å²) < 4.78 is 9.58. The predicted molar refractivity (Wildman–Crippen MR) is 452 cm³/mol. The molecule has 608 valence electrons. The average Bonchev–Trinajstić information content (AvgIpc) is 1.63. The molecule has 116 heavy (non-hydrogen) atoms. The number of fused-ring (bicyclic) bond motifs is 6. The summed E-state index contributed by atoms with van der Waals surface area (Å²) >= 11 is 0. The van der Waals surface area contributed by atoms with Crippen molar-refractivity contribution in [1.82, 2.24) is 75.4 Å². The summed E-state index contributed by atoms with van der Waals surface area (Å²) in [6, 6.07) is 48.2. The molecule has 2 aliphatic heterocycles. The van der Waals surface area contributed by atoms with E-state index >= 15 is 0 Å². The molecule has 0 spiro atoms. The number of imidazole rings is 4. The van der Waals surface area contributed by atoms with Gasteiger partial charge in [-0.15, -0.1) is 0 Å². The Morgan fingerprint density at radius 2 is 0.905 bits per heavy atom. The van der Waals surface area contributed by atoms with Crippen molar-refractivity contribution in [3.63, 3.8) is 0 Å². The fourth-order valence-corrected chi connectivity index (χ4v) is 17.2. The van der Waals surface area contributed by atoms with Gasteiger partial charge in [0.25, 0.3) is 0 Å². The van der Waals surface area contributed by atoms with Crippen LogP contribution in [0.1, 0.15) is 207 Å². The molecule has 8 atom stereocenters. The average molecular weight is 1570 g/mol. The van der Waals surface area contributed by atoms with Crippen LogP contribution in [0.25, 0.3) is 67.3 Å². The number of hydrogen-bond acceptors (Lipinski definition) is 14. The molecule has 2 aliphatic carbocycles. The Morgan fingerprint density at radius 3 is 1.34 bits per heavy atom. The van der Waals surface area contributed by atoms with Crippen LogP contribution >= 0.6 is 0 Å². The lowest BCUT2D eigenvalue weighted by Crippen LogP contribution is -2.51. The summed E-state index contributed by atoms with van der Waals surface area (Å²) in [5, 5.41) is 9.04. The Hall–Kier alpha value is -11.3. The molecule has 23 heteroatoms. The monoisotopic (exact) mass is 1570 g/mol. The van der Waals surface area contributed by atoms with Gasteiger partial charge in [0.15, 0.2) is 0 Å². The van der Waals surface area contributed by atoms with Crippen LogP contribution in [-0.4, -0.2) is 155 Å². The topological polar surface area (TPSA) is 285 Å². The molecular formula is C93H113N15O8. The zero-order valence-electron chi connectivity index (χ0n) is 69.1. The Morgan fingerprint density at radius 1 is 0.474 bits per heavy atom. The molecule has 23 nitrogen and oxygen atoms in total. The number of esters is 1. The SMILES string of the molecule is CCN(CC)[C@@H](C(=O)N[C@@H](C)c1nc2c([nH]1)CCCc1cc(-c3ccc(-c4cnc([C@@H]5CCCN5C(=O)[C@@H](c5ccccc5)N(CC)CC)[nH]4)cc3)ccc1-2)c1ccccc1.COC(=O)C[C@H](C(=O)N[C@@H](C)c1nc2c([nH]1)CCCc1cc(-c3ccc(-c4cnc([C@@H]5CCCN5C(=O)[C@@H](NC(=O)OC)C(C)C)[nH]4)cc3)ccc1-2)C(C)C. The highest BCUT2D eigenvalue weighted by Crippen LogP contribution is 2.41. The summed E-state index contributed by atoms with van der Waals surface area (Å²) in [5.74, 6) is 1.82. The number of H-pyrrole nitrogens is 4.